The molecule has 0 atom stereocenters. The van der Waals surface area contributed by atoms with Crippen molar-refractivity contribution in [3.8, 4) is 5.75 Å². The summed E-state index contributed by atoms with van der Waals surface area (Å²) >= 11 is 0. The molecular formula is C10H16N2O. The molecule has 0 bridgehead atoms. The van der Waals surface area contributed by atoms with Crippen molar-refractivity contribution in [2.75, 3.05) is 5.73 Å². The topological polar surface area (TPSA) is 58.3 Å². The number of aromatic hydroxyl groups is 1. The van der Waals surface area contributed by atoms with E-state index in [0.29, 0.717) is 18.3 Å². The number of nitrogens with one attached hydrogen (secondary N) is 1. The van der Waals surface area contributed by atoms with Crippen molar-refractivity contribution in [3.05, 3.63) is 23.8 Å². The number of phenolic OH excluding ortho intramolecular Hbond substituents is 1. The summed E-state index contributed by atoms with van der Waals surface area (Å²) < 4.78 is 0. The van der Waals surface area contributed by atoms with Crippen LogP contribution >= 0.6 is 0 Å². The van der Waals surface area contributed by atoms with Crippen LogP contribution in [-0.4, -0.2) is 11.1 Å². The minimum Gasteiger partial charge on any atom is -0.508 e. The first kappa shape index (κ1) is 9.86. The maximum Gasteiger partial charge on any atom is 0.122 e. The van der Waals surface area contributed by atoms with Crippen LogP contribution in [0.2, 0.25) is 0 Å². The van der Waals surface area contributed by atoms with Crippen LogP contribution in [0.15, 0.2) is 18.2 Å². The molecule has 0 saturated heterocycles. The quantitative estimate of drug-likeness (QED) is 0.617. The summed E-state index contributed by atoms with van der Waals surface area (Å²) in [6.07, 6.45) is 0. The predicted octanol–water partition coefficient (Wildman–Crippen LogP) is 1.47. The Kier molecular flexibility index (Phi) is 3.14. The normalized spacial score (nSPS) is 10.7. The molecule has 0 fully saturated rings. The van der Waals surface area contributed by atoms with Crippen LogP contribution in [0.4, 0.5) is 5.69 Å². The third-order valence-corrected chi connectivity index (χ3v) is 1.87. The Bertz CT molecular complexity index is 264. The fourth-order valence-electron chi connectivity index (χ4n) is 1.09. The zero-order valence-electron chi connectivity index (χ0n) is 8.04. The van der Waals surface area contributed by atoms with Gasteiger partial charge in [-0.1, -0.05) is 19.9 Å². The molecular weight excluding hydrogens is 164 g/mol. The number of rotatable bonds is 3. The van der Waals surface area contributed by atoms with E-state index >= 15 is 0 Å². The summed E-state index contributed by atoms with van der Waals surface area (Å²) in [7, 11) is 0. The van der Waals surface area contributed by atoms with Gasteiger partial charge in [0, 0.05) is 23.8 Å². The maximum absolute atomic E-state index is 9.48. The van der Waals surface area contributed by atoms with Gasteiger partial charge in [0.2, 0.25) is 0 Å². The van der Waals surface area contributed by atoms with Gasteiger partial charge in [0.15, 0.2) is 0 Å². The zero-order chi connectivity index (χ0) is 9.84. The van der Waals surface area contributed by atoms with Gasteiger partial charge in [-0.2, -0.15) is 0 Å². The molecule has 0 unspecified atom stereocenters. The van der Waals surface area contributed by atoms with Crippen LogP contribution in [0.3, 0.4) is 0 Å². The average Bonchev–Trinajstić information content (AvgIpc) is 2.03. The van der Waals surface area contributed by atoms with Crippen LogP contribution in [0, 0.1) is 0 Å². The summed E-state index contributed by atoms with van der Waals surface area (Å²) in [6, 6.07) is 5.56. The van der Waals surface area contributed by atoms with Crippen molar-refractivity contribution in [1.82, 2.24) is 5.32 Å². The number of phenols is 1. The molecule has 4 N–H and O–H groups in total. The van der Waals surface area contributed by atoms with Crippen molar-refractivity contribution in [2.45, 2.75) is 26.4 Å². The van der Waals surface area contributed by atoms with Crippen LogP contribution in [0.5, 0.6) is 5.75 Å². The first-order valence-electron chi connectivity index (χ1n) is 4.41. The second kappa shape index (κ2) is 4.14. The van der Waals surface area contributed by atoms with Gasteiger partial charge in [0.1, 0.15) is 5.75 Å². The Labute approximate surface area is 78.6 Å². The van der Waals surface area contributed by atoms with E-state index in [1.807, 2.05) is 0 Å². The van der Waals surface area contributed by atoms with E-state index in [-0.39, 0.29) is 5.75 Å². The molecule has 13 heavy (non-hydrogen) atoms. The molecule has 3 heteroatoms. The Morgan fingerprint density at radius 3 is 2.69 bits per heavy atom. The number of benzene rings is 1. The maximum atomic E-state index is 9.48. The minimum atomic E-state index is 0.258. The molecule has 0 amide bonds. The molecule has 0 aliphatic carbocycles. The van der Waals surface area contributed by atoms with Gasteiger partial charge in [-0.05, 0) is 12.1 Å². The molecule has 1 rings (SSSR count). The van der Waals surface area contributed by atoms with Crippen LogP contribution < -0.4 is 11.1 Å². The van der Waals surface area contributed by atoms with Gasteiger partial charge < -0.3 is 16.2 Å². The summed E-state index contributed by atoms with van der Waals surface area (Å²) in [5.41, 5.74) is 7.11. The van der Waals surface area contributed by atoms with Crippen molar-refractivity contribution in [3.63, 3.8) is 0 Å². The van der Waals surface area contributed by atoms with E-state index in [1.165, 1.54) is 0 Å². The number of nitrogens with two attached hydrogens (primary N) is 1. The molecule has 1 aromatic carbocycles. The third kappa shape index (κ3) is 2.63. The smallest absolute Gasteiger partial charge is 0.122 e. The molecule has 0 aliphatic heterocycles. The van der Waals surface area contributed by atoms with Gasteiger partial charge in [0.25, 0.3) is 0 Å². The van der Waals surface area contributed by atoms with E-state index in [2.05, 4.69) is 19.2 Å². The van der Waals surface area contributed by atoms with Crippen molar-refractivity contribution in [1.29, 1.82) is 0 Å². The zero-order valence-corrected chi connectivity index (χ0v) is 8.04. The summed E-state index contributed by atoms with van der Waals surface area (Å²) in [4.78, 5) is 0. The lowest BCUT2D eigenvalue weighted by Crippen LogP contribution is -2.22. The number of hydrogen-bond donors (Lipinski definition) is 3. The molecule has 72 valence electrons. The second-order valence-electron chi connectivity index (χ2n) is 3.38. The lowest BCUT2D eigenvalue weighted by atomic mass is 10.1. The van der Waals surface area contributed by atoms with E-state index < -0.39 is 0 Å². The first-order valence-corrected chi connectivity index (χ1v) is 4.41. The monoisotopic (exact) mass is 180 g/mol. The van der Waals surface area contributed by atoms with Crippen molar-refractivity contribution >= 4 is 5.69 Å². The fourth-order valence-corrected chi connectivity index (χ4v) is 1.09. The van der Waals surface area contributed by atoms with Crippen LogP contribution in [0.25, 0.3) is 0 Å². The Morgan fingerprint density at radius 1 is 1.46 bits per heavy atom. The van der Waals surface area contributed by atoms with Gasteiger partial charge >= 0.3 is 0 Å². The lowest BCUT2D eigenvalue weighted by Gasteiger charge is -2.11. The van der Waals surface area contributed by atoms with Crippen molar-refractivity contribution < 1.29 is 5.11 Å². The number of nitrogen functional groups attached to an aromatic ring is 1. The number of anilines is 1. The van der Waals surface area contributed by atoms with Gasteiger partial charge in [0.05, 0.1) is 0 Å². The molecule has 0 saturated carbocycles. The van der Waals surface area contributed by atoms with Gasteiger partial charge in [-0.15, -0.1) is 0 Å². The minimum absolute atomic E-state index is 0.258. The fraction of sp³-hybridized carbons (Fsp3) is 0.400. The lowest BCUT2D eigenvalue weighted by molar-refractivity contribution is 0.462. The second-order valence-corrected chi connectivity index (χ2v) is 3.38. The van der Waals surface area contributed by atoms with E-state index in [0.717, 1.165) is 5.56 Å². The first-order chi connectivity index (χ1) is 6.11. The summed E-state index contributed by atoms with van der Waals surface area (Å²) in [5, 5.41) is 12.7. The largest absolute Gasteiger partial charge is 0.508 e. The predicted molar refractivity (Wildman–Crippen MR) is 54.5 cm³/mol. The van der Waals surface area contributed by atoms with Gasteiger partial charge in [-0.25, -0.2) is 0 Å². The highest BCUT2D eigenvalue weighted by molar-refractivity contribution is 5.53. The van der Waals surface area contributed by atoms with Crippen LogP contribution in [0.1, 0.15) is 19.4 Å². The molecule has 0 spiro atoms. The summed E-state index contributed by atoms with van der Waals surface area (Å²) in [5.74, 6) is 0.258. The third-order valence-electron chi connectivity index (χ3n) is 1.87. The van der Waals surface area contributed by atoms with E-state index in [4.69, 9.17) is 5.73 Å². The van der Waals surface area contributed by atoms with E-state index in [9.17, 15) is 5.11 Å². The molecule has 0 heterocycles. The molecule has 1 aromatic rings. The Morgan fingerprint density at radius 2 is 2.15 bits per heavy atom. The molecule has 0 radical (unpaired) electrons. The molecule has 3 nitrogen and oxygen atoms in total. The highest BCUT2D eigenvalue weighted by Gasteiger charge is 2.04. The average molecular weight is 180 g/mol. The molecule has 0 aliphatic rings. The summed E-state index contributed by atoms with van der Waals surface area (Å²) in [6.45, 7) is 4.71. The highest BCUT2D eigenvalue weighted by Crippen LogP contribution is 2.22. The standard InChI is InChI=1S/C10H16N2O/c1-7(2)12-6-8-9(11)4-3-5-10(8)13/h3-5,7,12-13H,6,11H2,1-2H3. The van der Waals surface area contributed by atoms with E-state index in [1.54, 1.807) is 18.2 Å². The number of hydrogen-bond acceptors (Lipinski definition) is 3. The van der Waals surface area contributed by atoms with Crippen molar-refractivity contribution in [2.24, 2.45) is 0 Å². The van der Waals surface area contributed by atoms with Crippen LogP contribution in [-0.2, 0) is 6.54 Å². The highest BCUT2D eigenvalue weighted by atomic mass is 16.3. The van der Waals surface area contributed by atoms with Gasteiger partial charge in [-0.3, -0.25) is 0 Å². The molecule has 0 aromatic heterocycles. The Hall–Kier alpha value is -1.22. The Balaban J connectivity index is 2.75. The SMILES string of the molecule is CC(C)NCc1c(N)cccc1O.